The largest absolute Gasteiger partial charge is 0.480 e. The maximum atomic E-state index is 12.0. The van der Waals surface area contributed by atoms with Crippen LogP contribution in [0.25, 0.3) is 0 Å². The number of carboxylic acid groups (broad SMARTS) is 1. The Kier molecular flexibility index (Phi) is 5.07. The Labute approximate surface area is 115 Å². The van der Waals surface area contributed by atoms with E-state index in [2.05, 4.69) is 10.4 Å². The number of hydrogen-bond donors (Lipinski definition) is 3. The molecule has 0 spiro atoms. The van der Waals surface area contributed by atoms with E-state index in [0.29, 0.717) is 5.69 Å². The fourth-order valence-electron chi connectivity index (χ4n) is 1.51. The van der Waals surface area contributed by atoms with Gasteiger partial charge in [-0.25, -0.2) is 4.79 Å². The number of aromatic nitrogens is 2. The van der Waals surface area contributed by atoms with Crippen LogP contribution >= 0.6 is 0 Å². The van der Waals surface area contributed by atoms with Gasteiger partial charge in [-0.3, -0.25) is 14.3 Å². The summed E-state index contributed by atoms with van der Waals surface area (Å²) in [6.45, 7) is 2.99. The molecule has 0 saturated carbocycles. The molecular formula is C11H17N5O4. The molecule has 9 heteroatoms. The fourth-order valence-corrected chi connectivity index (χ4v) is 1.51. The maximum Gasteiger partial charge on any atom is 0.325 e. The van der Waals surface area contributed by atoms with Gasteiger partial charge in [0, 0.05) is 12.2 Å². The Bertz CT molecular complexity index is 511. The van der Waals surface area contributed by atoms with Crippen molar-refractivity contribution in [1.82, 2.24) is 14.7 Å². The first-order valence-corrected chi connectivity index (χ1v) is 5.89. The number of nitrogens with two attached hydrogens (primary N) is 1. The van der Waals surface area contributed by atoms with Crippen molar-refractivity contribution in [2.45, 2.75) is 26.4 Å². The molecule has 0 aromatic carbocycles. The second kappa shape index (κ2) is 6.55. The van der Waals surface area contributed by atoms with Crippen LogP contribution in [0.4, 0.5) is 10.5 Å². The van der Waals surface area contributed by atoms with E-state index in [-0.39, 0.29) is 19.1 Å². The molecule has 0 aliphatic rings. The molecule has 20 heavy (non-hydrogen) atoms. The van der Waals surface area contributed by atoms with Crippen molar-refractivity contribution in [1.29, 1.82) is 0 Å². The fraction of sp³-hybridized carbons (Fsp3) is 0.455. The molecule has 1 aromatic rings. The number of amides is 3. The van der Waals surface area contributed by atoms with Crippen molar-refractivity contribution in [3.63, 3.8) is 0 Å². The van der Waals surface area contributed by atoms with Crippen LogP contribution in [-0.2, 0) is 16.1 Å². The lowest BCUT2D eigenvalue weighted by Crippen LogP contribution is -2.44. The zero-order chi connectivity index (χ0) is 15.3. The number of aliphatic carboxylic acids is 1. The summed E-state index contributed by atoms with van der Waals surface area (Å²) >= 11 is 0. The van der Waals surface area contributed by atoms with E-state index in [9.17, 15) is 14.4 Å². The number of urea groups is 1. The number of carbonyl (C=O) groups is 3. The van der Waals surface area contributed by atoms with Crippen molar-refractivity contribution in [2.75, 3.05) is 11.9 Å². The van der Waals surface area contributed by atoms with E-state index < -0.39 is 17.9 Å². The van der Waals surface area contributed by atoms with Crippen LogP contribution in [0.1, 0.15) is 13.8 Å². The van der Waals surface area contributed by atoms with Crippen LogP contribution < -0.4 is 11.1 Å². The number of carboxylic acids is 1. The van der Waals surface area contributed by atoms with Crippen molar-refractivity contribution in [2.24, 2.45) is 5.73 Å². The number of rotatable bonds is 6. The summed E-state index contributed by atoms with van der Waals surface area (Å²) in [5, 5.41) is 14.9. The first kappa shape index (κ1) is 15.5. The lowest BCUT2D eigenvalue weighted by atomic mass is 10.3. The van der Waals surface area contributed by atoms with E-state index in [0.717, 1.165) is 0 Å². The lowest BCUT2D eigenvalue weighted by Gasteiger charge is -2.25. The number of anilines is 1. The molecule has 9 nitrogen and oxygen atoms in total. The summed E-state index contributed by atoms with van der Waals surface area (Å²) in [6, 6.07) is -0.717. The quantitative estimate of drug-likeness (QED) is 0.659. The second-order valence-electron chi connectivity index (χ2n) is 4.44. The monoisotopic (exact) mass is 283 g/mol. The van der Waals surface area contributed by atoms with Crippen LogP contribution in [0.3, 0.4) is 0 Å². The van der Waals surface area contributed by atoms with E-state index in [4.69, 9.17) is 10.8 Å². The molecule has 1 rings (SSSR count). The molecule has 0 unspecified atom stereocenters. The predicted octanol–water partition coefficient (Wildman–Crippen LogP) is -0.305. The third kappa shape index (κ3) is 4.59. The minimum absolute atomic E-state index is 0.202. The van der Waals surface area contributed by atoms with Crippen LogP contribution in [0.5, 0.6) is 0 Å². The molecule has 0 radical (unpaired) electrons. The van der Waals surface area contributed by atoms with E-state index in [1.807, 2.05) is 0 Å². The lowest BCUT2D eigenvalue weighted by molar-refractivity contribution is -0.137. The summed E-state index contributed by atoms with van der Waals surface area (Å²) < 4.78 is 1.17. The standard InChI is InChI=1S/C11H17N5O4/c1-7(2)16(5-9(12)17)11(20)14-8-3-13-15(4-8)6-10(18)19/h3-4,7H,5-6H2,1-2H3,(H2,12,17)(H,14,20)(H,18,19). The molecule has 0 fully saturated rings. The Morgan fingerprint density at radius 3 is 2.65 bits per heavy atom. The average Bonchev–Trinajstić information content (AvgIpc) is 2.71. The summed E-state index contributed by atoms with van der Waals surface area (Å²) in [7, 11) is 0. The van der Waals surface area contributed by atoms with Gasteiger partial charge in [0.05, 0.1) is 11.9 Å². The Hall–Kier alpha value is -2.58. The molecule has 0 aliphatic heterocycles. The molecule has 0 bridgehead atoms. The topological polar surface area (TPSA) is 131 Å². The normalized spacial score (nSPS) is 10.3. The van der Waals surface area contributed by atoms with Crippen molar-refractivity contribution in [3.8, 4) is 0 Å². The van der Waals surface area contributed by atoms with Gasteiger partial charge in [0.2, 0.25) is 5.91 Å². The van der Waals surface area contributed by atoms with E-state index >= 15 is 0 Å². The maximum absolute atomic E-state index is 12.0. The van der Waals surface area contributed by atoms with Gasteiger partial charge in [0.25, 0.3) is 0 Å². The zero-order valence-electron chi connectivity index (χ0n) is 11.2. The van der Waals surface area contributed by atoms with Crippen molar-refractivity contribution >= 4 is 23.6 Å². The highest BCUT2D eigenvalue weighted by molar-refractivity contribution is 5.92. The minimum Gasteiger partial charge on any atom is -0.480 e. The highest BCUT2D eigenvalue weighted by atomic mass is 16.4. The smallest absolute Gasteiger partial charge is 0.325 e. The number of nitrogens with one attached hydrogen (secondary N) is 1. The molecule has 3 amide bonds. The third-order valence-electron chi connectivity index (χ3n) is 2.39. The summed E-state index contributed by atoms with van der Waals surface area (Å²) in [5.41, 5.74) is 5.42. The van der Waals surface area contributed by atoms with Gasteiger partial charge in [-0.15, -0.1) is 0 Å². The summed E-state index contributed by atoms with van der Waals surface area (Å²) in [4.78, 5) is 34.7. The molecule has 110 valence electrons. The molecule has 1 aromatic heterocycles. The average molecular weight is 283 g/mol. The zero-order valence-corrected chi connectivity index (χ0v) is 11.2. The Morgan fingerprint density at radius 2 is 2.15 bits per heavy atom. The highest BCUT2D eigenvalue weighted by Gasteiger charge is 2.19. The van der Waals surface area contributed by atoms with Gasteiger partial charge >= 0.3 is 12.0 Å². The molecule has 1 heterocycles. The summed E-state index contributed by atoms with van der Waals surface area (Å²) in [5.74, 6) is -1.65. The van der Waals surface area contributed by atoms with Crippen molar-refractivity contribution < 1.29 is 19.5 Å². The first-order chi connectivity index (χ1) is 9.29. The summed E-state index contributed by atoms with van der Waals surface area (Å²) in [6.07, 6.45) is 2.71. The number of hydrogen-bond acceptors (Lipinski definition) is 4. The Morgan fingerprint density at radius 1 is 1.50 bits per heavy atom. The van der Waals surface area contributed by atoms with E-state index in [1.54, 1.807) is 13.8 Å². The van der Waals surface area contributed by atoms with Crippen LogP contribution in [-0.4, -0.2) is 50.3 Å². The molecular weight excluding hydrogens is 266 g/mol. The third-order valence-corrected chi connectivity index (χ3v) is 2.39. The molecule has 0 atom stereocenters. The Balaban J connectivity index is 2.70. The predicted molar refractivity (Wildman–Crippen MR) is 69.9 cm³/mol. The number of primary amides is 1. The number of nitrogens with zero attached hydrogens (tertiary/aromatic N) is 3. The minimum atomic E-state index is -1.04. The molecule has 0 saturated heterocycles. The SMILES string of the molecule is CC(C)N(CC(N)=O)C(=O)Nc1cnn(CC(=O)O)c1. The van der Waals surface area contributed by atoms with Gasteiger partial charge in [-0.1, -0.05) is 0 Å². The number of carbonyl (C=O) groups excluding carboxylic acids is 2. The molecule has 0 aliphatic carbocycles. The van der Waals surface area contributed by atoms with Crippen molar-refractivity contribution in [3.05, 3.63) is 12.4 Å². The van der Waals surface area contributed by atoms with Crippen LogP contribution in [0.2, 0.25) is 0 Å². The van der Waals surface area contributed by atoms with Gasteiger partial charge in [-0.05, 0) is 13.8 Å². The first-order valence-electron chi connectivity index (χ1n) is 5.89. The highest BCUT2D eigenvalue weighted by Crippen LogP contribution is 2.08. The van der Waals surface area contributed by atoms with E-state index in [1.165, 1.54) is 22.0 Å². The van der Waals surface area contributed by atoms with Gasteiger partial charge in [-0.2, -0.15) is 5.10 Å². The second-order valence-corrected chi connectivity index (χ2v) is 4.44. The molecule has 4 N–H and O–H groups in total. The van der Waals surface area contributed by atoms with Gasteiger partial charge in [0.1, 0.15) is 13.1 Å². The van der Waals surface area contributed by atoms with Gasteiger partial charge < -0.3 is 21.1 Å². The van der Waals surface area contributed by atoms with Gasteiger partial charge in [0.15, 0.2) is 0 Å². The van der Waals surface area contributed by atoms with Crippen LogP contribution in [0.15, 0.2) is 12.4 Å². The van der Waals surface area contributed by atoms with Crippen LogP contribution in [0, 0.1) is 0 Å².